The maximum atomic E-state index is 13.9. The van der Waals surface area contributed by atoms with Crippen LogP contribution >= 0.6 is 0 Å². The van der Waals surface area contributed by atoms with Crippen molar-refractivity contribution in [3.8, 4) is 5.75 Å². The van der Waals surface area contributed by atoms with Gasteiger partial charge in [0.25, 0.3) is 5.91 Å². The lowest BCUT2D eigenvalue weighted by atomic mass is 9.97. The summed E-state index contributed by atoms with van der Waals surface area (Å²) in [7, 11) is 0. The van der Waals surface area contributed by atoms with E-state index in [1.54, 1.807) is 65.8 Å². The van der Waals surface area contributed by atoms with Crippen LogP contribution in [0.4, 0.5) is 10.5 Å². The minimum absolute atomic E-state index is 0.0495. The molecule has 2 unspecified atom stereocenters. The highest BCUT2D eigenvalue weighted by Gasteiger charge is 2.37. The molecule has 2 atom stereocenters. The van der Waals surface area contributed by atoms with Crippen molar-refractivity contribution in [1.82, 2.24) is 10.2 Å². The first-order chi connectivity index (χ1) is 17.2. The molecule has 9 heteroatoms. The molecule has 0 heterocycles. The third-order valence-electron chi connectivity index (χ3n) is 5.73. The third kappa shape index (κ3) is 8.21. The number of rotatable bonds is 9. The van der Waals surface area contributed by atoms with Crippen molar-refractivity contribution in [2.75, 3.05) is 18.5 Å². The molecular formula is C28H39N3O6. The Balaban J connectivity index is 2.53. The fourth-order valence-corrected chi connectivity index (χ4v) is 3.84. The first-order valence-electron chi connectivity index (χ1n) is 12.3. The van der Waals surface area contributed by atoms with Gasteiger partial charge in [-0.25, -0.2) is 4.79 Å². The molecule has 0 bridgehead atoms. The lowest BCUT2D eigenvalue weighted by Gasteiger charge is -2.35. The molecule has 0 radical (unpaired) electrons. The van der Waals surface area contributed by atoms with E-state index in [2.05, 4.69) is 10.6 Å². The zero-order chi connectivity index (χ0) is 27.9. The van der Waals surface area contributed by atoms with E-state index in [1.807, 2.05) is 19.1 Å². The average Bonchev–Trinajstić information content (AvgIpc) is 2.79. The largest absolute Gasteiger partial charge is 0.508 e. The number of anilines is 1. The molecule has 4 N–H and O–H groups in total. The molecule has 0 saturated carbocycles. The molecule has 3 amide bonds. The van der Waals surface area contributed by atoms with Crippen LogP contribution in [0.1, 0.15) is 57.4 Å². The van der Waals surface area contributed by atoms with Crippen LogP contribution in [-0.4, -0.2) is 57.8 Å². The number of phenolic OH excluding ortho intramolecular Hbond substituents is 1. The second kappa shape index (κ2) is 12.6. The zero-order valence-electron chi connectivity index (χ0n) is 22.7. The number of phenols is 1. The van der Waals surface area contributed by atoms with Crippen molar-refractivity contribution >= 4 is 23.6 Å². The monoisotopic (exact) mass is 513 g/mol. The number of nitrogens with one attached hydrogen (secondary N) is 2. The Kier molecular flexibility index (Phi) is 10.1. The molecule has 0 spiro atoms. The van der Waals surface area contributed by atoms with Crippen LogP contribution in [0.3, 0.4) is 0 Å². The van der Waals surface area contributed by atoms with E-state index in [0.717, 1.165) is 5.56 Å². The van der Waals surface area contributed by atoms with Crippen LogP contribution in [0.5, 0.6) is 5.75 Å². The number of benzene rings is 2. The summed E-state index contributed by atoms with van der Waals surface area (Å²) in [6.45, 7) is 11.7. The Bertz CT molecular complexity index is 1110. The molecule has 0 aliphatic heterocycles. The summed E-state index contributed by atoms with van der Waals surface area (Å²) in [5.41, 5.74) is 1.62. The minimum Gasteiger partial charge on any atom is -0.508 e. The van der Waals surface area contributed by atoms with E-state index in [1.165, 1.54) is 11.0 Å². The number of alkyl carbamates (subject to hydrolysis) is 1. The molecular weight excluding hydrogens is 474 g/mol. The zero-order valence-corrected chi connectivity index (χ0v) is 22.7. The summed E-state index contributed by atoms with van der Waals surface area (Å²) in [6, 6.07) is 9.72. The number of aliphatic hydroxyl groups is 1. The molecule has 202 valence electrons. The fourth-order valence-electron chi connectivity index (χ4n) is 3.84. The first kappa shape index (κ1) is 29.6. The van der Waals surface area contributed by atoms with E-state index in [0.29, 0.717) is 16.8 Å². The topological polar surface area (TPSA) is 128 Å². The maximum Gasteiger partial charge on any atom is 0.408 e. The van der Waals surface area contributed by atoms with Crippen LogP contribution in [0.2, 0.25) is 0 Å². The molecule has 2 aromatic rings. The quantitative estimate of drug-likeness (QED) is 0.400. The van der Waals surface area contributed by atoms with Crippen LogP contribution in [0.15, 0.2) is 42.5 Å². The van der Waals surface area contributed by atoms with Gasteiger partial charge in [-0.15, -0.1) is 0 Å². The fraction of sp³-hybridized carbons (Fsp3) is 0.464. The van der Waals surface area contributed by atoms with E-state index >= 15 is 0 Å². The number of carbonyl (C=O) groups excluding carboxylic acids is 3. The first-order valence-corrected chi connectivity index (χ1v) is 12.3. The summed E-state index contributed by atoms with van der Waals surface area (Å²) in [4.78, 5) is 41.4. The second-order valence-electron chi connectivity index (χ2n) is 10.4. The second-order valence-corrected chi connectivity index (χ2v) is 10.4. The lowest BCUT2D eigenvalue weighted by molar-refractivity contribution is -0.142. The number of hydrogen-bond acceptors (Lipinski definition) is 6. The molecule has 2 rings (SSSR count). The summed E-state index contributed by atoms with van der Waals surface area (Å²) in [6.07, 6.45) is -0.759. The van der Waals surface area contributed by atoms with Crippen LogP contribution in [-0.2, 0) is 14.3 Å². The van der Waals surface area contributed by atoms with Crippen molar-refractivity contribution in [2.24, 2.45) is 5.92 Å². The molecule has 0 aliphatic rings. The summed E-state index contributed by atoms with van der Waals surface area (Å²) in [5.74, 6) is -1.34. The number of aromatic hydroxyl groups is 1. The van der Waals surface area contributed by atoms with Crippen LogP contribution in [0.25, 0.3) is 0 Å². The molecule has 37 heavy (non-hydrogen) atoms. The van der Waals surface area contributed by atoms with E-state index in [-0.39, 0.29) is 18.2 Å². The van der Waals surface area contributed by atoms with E-state index < -0.39 is 42.2 Å². The van der Waals surface area contributed by atoms with Gasteiger partial charge in [-0.1, -0.05) is 38.1 Å². The van der Waals surface area contributed by atoms with E-state index in [9.17, 15) is 24.6 Å². The van der Waals surface area contributed by atoms with E-state index in [4.69, 9.17) is 4.74 Å². The Labute approximate surface area is 218 Å². The number of hydrogen-bond donors (Lipinski definition) is 4. The standard InChI is InChI=1S/C28H39N3O6/c1-17(2)23(30-27(36)37-28(5,6)7)26(35)31(14-15-32)24(20-12-13-22(33)19(4)16-20)25(34)29-21-11-9-8-10-18(21)3/h8-13,16-17,23-24,32-33H,14-15H2,1-7H3,(H,29,34)(H,30,36). The van der Waals surface area contributed by atoms with Crippen LogP contribution < -0.4 is 10.6 Å². The number of carbonyl (C=O) groups is 3. The number of para-hydroxylation sites is 1. The Morgan fingerprint density at radius 1 is 1.03 bits per heavy atom. The van der Waals surface area contributed by atoms with Crippen molar-refractivity contribution in [1.29, 1.82) is 0 Å². The number of ether oxygens (including phenoxy) is 1. The number of aliphatic hydroxyl groups excluding tert-OH is 1. The van der Waals surface area contributed by atoms with Crippen molar-refractivity contribution in [2.45, 2.75) is 66.2 Å². The van der Waals surface area contributed by atoms with Gasteiger partial charge in [0.05, 0.1) is 6.61 Å². The van der Waals surface area contributed by atoms with Gasteiger partial charge in [-0.05, 0) is 75.4 Å². The van der Waals surface area contributed by atoms with Crippen molar-refractivity contribution in [3.63, 3.8) is 0 Å². The van der Waals surface area contributed by atoms with Gasteiger partial charge in [0.2, 0.25) is 5.91 Å². The smallest absolute Gasteiger partial charge is 0.408 e. The summed E-state index contributed by atoms with van der Waals surface area (Å²) >= 11 is 0. The molecule has 0 fully saturated rings. The molecule has 9 nitrogen and oxygen atoms in total. The number of aryl methyl sites for hydroxylation is 2. The van der Waals surface area contributed by atoms with Gasteiger partial charge in [-0.2, -0.15) is 0 Å². The maximum absolute atomic E-state index is 13.9. The van der Waals surface area contributed by atoms with Gasteiger partial charge in [-0.3, -0.25) is 9.59 Å². The molecule has 0 saturated heterocycles. The van der Waals surface area contributed by atoms with Gasteiger partial charge < -0.3 is 30.5 Å². The SMILES string of the molecule is Cc1cc(C(C(=O)Nc2ccccc2C)N(CCO)C(=O)C(NC(=O)OC(C)(C)C)C(C)C)ccc1O. The molecule has 2 aromatic carbocycles. The van der Waals surface area contributed by atoms with Crippen molar-refractivity contribution < 1.29 is 29.3 Å². The third-order valence-corrected chi connectivity index (χ3v) is 5.73. The summed E-state index contributed by atoms with van der Waals surface area (Å²) < 4.78 is 5.34. The molecule has 0 aliphatic carbocycles. The minimum atomic E-state index is -1.15. The number of amides is 3. The van der Waals surface area contributed by atoms with Crippen LogP contribution in [0, 0.1) is 19.8 Å². The predicted molar refractivity (Wildman–Crippen MR) is 142 cm³/mol. The average molecular weight is 514 g/mol. The van der Waals surface area contributed by atoms with Gasteiger partial charge in [0.1, 0.15) is 23.4 Å². The summed E-state index contributed by atoms with van der Waals surface area (Å²) in [5, 5.41) is 25.4. The van der Waals surface area contributed by atoms with Gasteiger partial charge in [0, 0.05) is 12.2 Å². The van der Waals surface area contributed by atoms with Crippen molar-refractivity contribution in [3.05, 3.63) is 59.2 Å². The Hall–Kier alpha value is -3.59. The Morgan fingerprint density at radius 2 is 1.68 bits per heavy atom. The normalized spacial score (nSPS) is 13.0. The highest BCUT2D eigenvalue weighted by atomic mass is 16.6. The lowest BCUT2D eigenvalue weighted by Crippen LogP contribution is -2.55. The highest BCUT2D eigenvalue weighted by Crippen LogP contribution is 2.29. The highest BCUT2D eigenvalue weighted by molar-refractivity contribution is 5.99. The Morgan fingerprint density at radius 3 is 2.22 bits per heavy atom. The number of nitrogens with zero attached hydrogens (tertiary/aromatic N) is 1. The molecule has 0 aromatic heterocycles. The predicted octanol–water partition coefficient (Wildman–Crippen LogP) is 4.06. The van der Waals surface area contributed by atoms with Gasteiger partial charge >= 0.3 is 6.09 Å². The van der Waals surface area contributed by atoms with Gasteiger partial charge in [0.15, 0.2) is 0 Å².